The SMILES string of the molecule is CN1CCC(c2csc(CC(C)(C)N)n2)CC1. The Morgan fingerprint density at radius 1 is 1.47 bits per heavy atom. The van der Waals surface area contributed by atoms with Crippen LogP contribution in [0.4, 0.5) is 0 Å². The summed E-state index contributed by atoms with van der Waals surface area (Å²) in [5.74, 6) is 0.664. The van der Waals surface area contributed by atoms with Crippen molar-refractivity contribution in [1.82, 2.24) is 9.88 Å². The van der Waals surface area contributed by atoms with E-state index in [9.17, 15) is 0 Å². The highest BCUT2D eigenvalue weighted by Gasteiger charge is 2.21. The van der Waals surface area contributed by atoms with Crippen molar-refractivity contribution in [2.75, 3.05) is 20.1 Å². The highest BCUT2D eigenvalue weighted by molar-refractivity contribution is 7.09. The molecule has 2 rings (SSSR count). The summed E-state index contributed by atoms with van der Waals surface area (Å²) in [5, 5.41) is 3.42. The molecule has 4 heteroatoms. The Balaban J connectivity index is 1.98. The van der Waals surface area contributed by atoms with Gasteiger partial charge >= 0.3 is 0 Å². The second kappa shape index (κ2) is 5.04. The predicted molar refractivity (Wildman–Crippen MR) is 73.6 cm³/mol. The fraction of sp³-hybridized carbons (Fsp3) is 0.769. The number of hydrogen-bond donors (Lipinski definition) is 1. The van der Waals surface area contributed by atoms with E-state index in [-0.39, 0.29) is 5.54 Å². The molecule has 0 aromatic carbocycles. The molecule has 0 aliphatic carbocycles. The first kappa shape index (κ1) is 13.0. The Bertz CT molecular complexity index is 359. The molecule has 1 fully saturated rings. The molecular formula is C13H23N3S. The lowest BCUT2D eigenvalue weighted by Gasteiger charge is -2.27. The molecule has 0 spiro atoms. The van der Waals surface area contributed by atoms with Crippen LogP contribution >= 0.6 is 11.3 Å². The number of nitrogens with two attached hydrogens (primary N) is 1. The van der Waals surface area contributed by atoms with Gasteiger partial charge in [0.05, 0.1) is 10.7 Å². The number of hydrogen-bond acceptors (Lipinski definition) is 4. The molecule has 0 atom stereocenters. The molecule has 1 aliphatic heterocycles. The minimum atomic E-state index is -0.151. The van der Waals surface area contributed by atoms with Gasteiger partial charge in [-0.2, -0.15) is 0 Å². The van der Waals surface area contributed by atoms with E-state index in [1.807, 2.05) is 0 Å². The summed E-state index contributed by atoms with van der Waals surface area (Å²) in [5.41, 5.74) is 7.18. The Labute approximate surface area is 108 Å². The van der Waals surface area contributed by atoms with Crippen LogP contribution in [0.1, 0.15) is 43.3 Å². The highest BCUT2D eigenvalue weighted by atomic mass is 32.1. The average molecular weight is 253 g/mol. The van der Waals surface area contributed by atoms with E-state index in [4.69, 9.17) is 10.7 Å². The Kier molecular flexibility index (Phi) is 3.85. The topological polar surface area (TPSA) is 42.1 Å². The van der Waals surface area contributed by atoms with Gasteiger partial charge in [0.1, 0.15) is 0 Å². The molecule has 0 unspecified atom stereocenters. The summed E-state index contributed by atoms with van der Waals surface area (Å²) in [6.07, 6.45) is 3.36. The fourth-order valence-electron chi connectivity index (χ4n) is 2.29. The minimum absolute atomic E-state index is 0.151. The maximum Gasteiger partial charge on any atom is 0.0946 e. The second-order valence-corrected chi connectivity index (χ2v) is 6.85. The van der Waals surface area contributed by atoms with Crippen molar-refractivity contribution < 1.29 is 0 Å². The van der Waals surface area contributed by atoms with Crippen LogP contribution in [0.2, 0.25) is 0 Å². The monoisotopic (exact) mass is 253 g/mol. The molecule has 1 saturated heterocycles. The van der Waals surface area contributed by atoms with Gasteiger partial charge in [0.15, 0.2) is 0 Å². The standard InChI is InChI=1S/C13H23N3S/c1-13(2,14)8-12-15-11(9-17-12)10-4-6-16(3)7-5-10/h9-10H,4-8,14H2,1-3H3. The van der Waals surface area contributed by atoms with Gasteiger partial charge in [-0.05, 0) is 46.8 Å². The summed E-state index contributed by atoms with van der Waals surface area (Å²) < 4.78 is 0. The van der Waals surface area contributed by atoms with Gasteiger partial charge in [-0.3, -0.25) is 0 Å². The number of aromatic nitrogens is 1. The van der Waals surface area contributed by atoms with Crippen molar-refractivity contribution >= 4 is 11.3 Å². The molecule has 2 N–H and O–H groups in total. The average Bonchev–Trinajstić information content (AvgIpc) is 2.64. The minimum Gasteiger partial charge on any atom is -0.325 e. The van der Waals surface area contributed by atoms with Crippen molar-refractivity contribution in [3.63, 3.8) is 0 Å². The lowest BCUT2D eigenvalue weighted by atomic mass is 9.94. The van der Waals surface area contributed by atoms with E-state index in [1.165, 1.54) is 36.6 Å². The largest absolute Gasteiger partial charge is 0.325 e. The van der Waals surface area contributed by atoms with Crippen LogP contribution in [-0.4, -0.2) is 35.6 Å². The maximum atomic E-state index is 6.03. The van der Waals surface area contributed by atoms with Crippen LogP contribution in [0.5, 0.6) is 0 Å². The first-order chi connectivity index (χ1) is 7.94. The molecule has 0 amide bonds. The van der Waals surface area contributed by atoms with Crippen molar-refractivity contribution in [2.24, 2.45) is 5.73 Å². The molecule has 1 aromatic rings. The molecule has 3 nitrogen and oxygen atoms in total. The van der Waals surface area contributed by atoms with Crippen LogP contribution in [0, 0.1) is 0 Å². The van der Waals surface area contributed by atoms with Gasteiger partial charge < -0.3 is 10.6 Å². The summed E-state index contributed by atoms with van der Waals surface area (Å²) in [6, 6.07) is 0. The first-order valence-electron chi connectivity index (χ1n) is 6.36. The lowest BCUT2D eigenvalue weighted by Crippen LogP contribution is -2.34. The van der Waals surface area contributed by atoms with Crippen LogP contribution < -0.4 is 5.73 Å². The highest BCUT2D eigenvalue weighted by Crippen LogP contribution is 2.29. The zero-order valence-corrected chi connectivity index (χ0v) is 11.9. The van der Waals surface area contributed by atoms with Crippen LogP contribution in [-0.2, 0) is 6.42 Å². The van der Waals surface area contributed by atoms with Gasteiger partial charge in [-0.25, -0.2) is 4.98 Å². The zero-order valence-electron chi connectivity index (χ0n) is 11.1. The molecule has 0 bridgehead atoms. The van der Waals surface area contributed by atoms with E-state index in [2.05, 4.69) is 31.2 Å². The number of piperidine rings is 1. The number of nitrogens with zero attached hydrogens (tertiary/aromatic N) is 2. The van der Waals surface area contributed by atoms with Crippen LogP contribution in [0.3, 0.4) is 0 Å². The number of thiazole rings is 1. The quantitative estimate of drug-likeness (QED) is 0.898. The molecule has 0 radical (unpaired) electrons. The Morgan fingerprint density at radius 2 is 2.12 bits per heavy atom. The molecule has 1 aromatic heterocycles. The molecule has 17 heavy (non-hydrogen) atoms. The van der Waals surface area contributed by atoms with Crippen LogP contribution in [0.15, 0.2) is 5.38 Å². The molecule has 1 aliphatic rings. The van der Waals surface area contributed by atoms with E-state index < -0.39 is 0 Å². The van der Waals surface area contributed by atoms with Crippen molar-refractivity contribution in [3.05, 3.63) is 16.1 Å². The normalized spacial score (nSPS) is 19.8. The fourth-order valence-corrected chi connectivity index (χ4v) is 3.40. The third-order valence-electron chi connectivity index (χ3n) is 3.31. The summed E-state index contributed by atoms with van der Waals surface area (Å²) in [4.78, 5) is 7.16. The number of rotatable bonds is 3. The third-order valence-corrected chi connectivity index (χ3v) is 4.18. The molecule has 2 heterocycles. The van der Waals surface area contributed by atoms with Crippen LogP contribution in [0.25, 0.3) is 0 Å². The molecular weight excluding hydrogens is 230 g/mol. The maximum absolute atomic E-state index is 6.03. The lowest BCUT2D eigenvalue weighted by molar-refractivity contribution is 0.253. The summed E-state index contributed by atoms with van der Waals surface area (Å²) in [6.45, 7) is 6.51. The van der Waals surface area contributed by atoms with E-state index in [0.717, 1.165) is 6.42 Å². The Morgan fingerprint density at radius 3 is 2.71 bits per heavy atom. The number of likely N-dealkylation sites (tertiary alicyclic amines) is 1. The Hall–Kier alpha value is -0.450. The van der Waals surface area contributed by atoms with E-state index in [1.54, 1.807) is 11.3 Å². The molecule has 96 valence electrons. The van der Waals surface area contributed by atoms with Gasteiger partial charge in [-0.15, -0.1) is 11.3 Å². The first-order valence-corrected chi connectivity index (χ1v) is 7.24. The van der Waals surface area contributed by atoms with Crippen molar-refractivity contribution in [1.29, 1.82) is 0 Å². The third kappa shape index (κ3) is 3.76. The summed E-state index contributed by atoms with van der Waals surface area (Å²) >= 11 is 1.77. The van der Waals surface area contributed by atoms with Gasteiger partial charge in [0.25, 0.3) is 0 Å². The zero-order chi connectivity index (χ0) is 12.5. The predicted octanol–water partition coefficient (Wildman–Crippen LogP) is 2.23. The van der Waals surface area contributed by atoms with Crippen molar-refractivity contribution in [3.8, 4) is 0 Å². The van der Waals surface area contributed by atoms with Gasteiger partial charge in [-0.1, -0.05) is 0 Å². The van der Waals surface area contributed by atoms with Crippen molar-refractivity contribution in [2.45, 2.75) is 44.6 Å². The smallest absolute Gasteiger partial charge is 0.0946 e. The molecule has 0 saturated carbocycles. The van der Waals surface area contributed by atoms with E-state index in [0.29, 0.717) is 5.92 Å². The second-order valence-electron chi connectivity index (χ2n) is 5.91. The van der Waals surface area contributed by atoms with E-state index >= 15 is 0 Å². The summed E-state index contributed by atoms with van der Waals surface area (Å²) in [7, 11) is 2.19. The van der Waals surface area contributed by atoms with Gasteiger partial charge in [0.2, 0.25) is 0 Å². The van der Waals surface area contributed by atoms with Gasteiger partial charge in [0, 0.05) is 23.3 Å².